The molecule has 2 N–H and O–H groups in total. The number of hydrogen-bond acceptors (Lipinski definition) is 4. The van der Waals surface area contributed by atoms with E-state index in [0.717, 1.165) is 30.2 Å². The van der Waals surface area contributed by atoms with Crippen molar-refractivity contribution in [2.45, 2.75) is 39.7 Å². The Labute approximate surface area is 112 Å². The van der Waals surface area contributed by atoms with Crippen molar-refractivity contribution in [2.24, 2.45) is 5.73 Å². The van der Waals surface area contributed by atoms with Gasteiger partial charge in [0.25, 0.3) is 0 Å². The molecule has 2 rings (SSSR count). The van der Waals surface area contributed by atoms with E-state index < -0.39 is 0 Å². The number of fused-ring (bicyclic) bond motifs is 1. The predicted octanol–water partition coefficient (Wildman–Crippen LogP) is 2.52. The average molecular weight is 266 g/mol. The maximum absolute atomic E-state index is 5.74. The SMILES string of the molecule is CCC(C)N(CC)c1nc2sccn2c1CCN. The Hall–Kier alpha value is -1.07. The predicted molar refractivity (Wildman–Crippen MR) is 78.6 cm³/mol. The van der Waals surface area contributed by atoms with Gasteiger partial charge in [-0.2, -0.15) is 0 Å². The van der Waals surface area contributed by atoms with E-state index in [-0.39, 0.29) is 0 Å². The minimum absolute atomic E-state index is 0.510. The van der Waals surface area contributed by atoms with Crippen molar-refractivity contribution in [1.82, 2.24) is 9.38 Å². The fraction of sp³-hybridized carbons (Fsp3) is 0.615. The number of hydrogen-bond donors (Lipinski definition) is 1. The van der Waals surface area contributed by atoms with Crippen molar-refractivity contribution in [1.29, 1.82) is 0 Å². The lowest BCUT2D eigenvalue weighted by molar-refractivity contribution is 0.621. The summed E-state index contributed by atoms with van der Waals surface area (Å²) in [7, 11) is 0. The highest BCUT2D eigenvalue weighted by Gasteiger charge is 2.20. The zero-order chi connectivity index (χ0) is 13.1. The van der Waals surface area contributed by atoms with Gasteiger partial charge in [-0.1, -0.05) is 6.92 Å². The molecule has 100 valence electrons. The van der Waals surface area contributed by atoms with Crippen LogP contribution < -0.4 is 10.6 Å². The van der Waals surface area contributed by atoms with Crippen LogP contribution in [-0.4, -0.2) is 28.5 Å². The minimum atomic E-state index is 0.510. The Bertz CT molecular complexity index is 502. The van der Waals surface area contributed by atoms with Gasteiger partial charge in [-0.15, -0.1) is 11.3 Å². The van der Waals surface area contributed by atoms with E-state index in [4.69, 9.17) is 10.7 Å². The summed E-state index contributed by atoms with van der Waals surface area (Å²) in [5, 5.41) is 2.08. The third kappa shape index (κ3) is 2.24. The van der Waals surface area contributed by atoms with Crippen LogP contribution >= 0.6 is 11.3 Å². The first-order valence-electron chi connectivity index (χ1n) is 6.64. The number of rotatable bonds is 6. The first-order chi connectivity index (χ1) is 8.72. The van der Waals surface area contributed by atoms with Crippen LogP contribution in [0.3, 0.4) is 0 Å². The Morgan fingerprint density at radius 2 is 2.28 bits per heavy atom. The molecule has 0 aliphatic rings. The molecule has 0 aliphatic heterocycles. The fourth-order valence-electron chi connectivity index (χ4n) is 2.31. The van der Waals surface area contributed by atoms with Gasteiger partial charge in [-0.3, -0.25) is 4.40 Å². The van der Waals surface area contributed by atoms with Gasteiger partial charge >= 0.3 is 0 Å². The van der Waals surface area contributed by atoms with Gasteiger partial charge in [0.2, 0.25) is 0 Å². The molecule has 0 amide bonds. The van der Waals surface area contributed by atoms with Crippen LogP contribution in [0.2, 0.25) is 0 Å². The highest BCUT2D eigenvalue weighted by molar-refractivity contribution is 7.15. The van der Waals surface area contributed by atoms with Gasteiger partial charge in [0, 0.05) is 30.6 Å². The molecule has 0 aliphatic carbocycles. The number of thiazole rings is 1. The molecule has 0 saturated heterocycles. The minimum Gasteiger partial charge on any atom is -0.353 e. The highest BCUT2D eigenvalue weighted by Crippen LogP contribution is 2.26. The number of aromatic nitrogens is 2. The van der Waals surface area contributed by atoms with Crippen LogP contribution in [0.25, 0.3) is 4.96 Å². The summed E-state index contributed by atoms with van der Waals surface area (Å²) in [5.41, 5.74) is 6.99. The zero-order valence-corrected chi connectivity index (χ0v) is 12.2. The molecule has 1 unspecified atom stereocenters. The van der Waals surface area contributed by atoms with E-state index in [2.05, 4.69) is 41.6 Å². The molecule has 0 aromatic carbocycles. The smallest absolute Gasteiger partial charge is 0.195 e. The van der Waals surface area contributed by atoms with Crippen LogP contribution in [0, 0.1) is 0 Å². The lowest BCUT2D eigenvalue weighted by atomic mass is 10.2. The van der Waals surface area contributed by atoms with Crippen molar-refractivity contribution in [3.63, 3.8) is 0 Å². The molecule has 5 heteroatoms. The van der Waals surface area contributed by atoms with E-state index in [1.165, 1.54) is 5.69 Å². The summed E-state index contributed by atoms with van der Waals surface area (Å²) in [6.45, 7) is 8.30. The third-order valence-electron chi connectivity index (χ3n) is 3.46. The van der Waals surface area contributed by atoms with E-state index in [9.17, 15) is 0 Å². The van der Waals surface area contributed by atoms with Gasteiger partial charge in [-0.25, -0.2) is 4.98 Å². The highest BCUT2D eigenvalue weighted by atomic mass is 32.1. The maximum atomic E-state index is 5.74. The fourth-order valence-corrected chi connectivity index (χ4v) is 3.04. The van der Waals surface area contributed by atoms with E-state index in [1.54, 1.807) is 11.3 Å². The molecular weight excluding hydrogens is 244 g/mol. The largest absolute Gasteiger partial charge is 0.353 e. The van der Waals surface area contributed by atoms with Gasteiger partial charge in [0.1, 0.15) is 0 Å². The van der Waals surface area contributed by atoms with Gasteiger partial charge < -0.3 is 10.6 Å². The topological polar surface area (TPSA) is 46.6 Å². The number of nitrogens with zero attached hydrogens (tertiary/aromatic N) is 3. The first-order valence-corrected chi connectivity index (χ1v) is 7.52. The Morgan fingerprint density at radius 3 is 2.89 bits per heavy atom. The molecule has 2 aromatic rings. The molecule has 0 radical (unpaired) electrons. The second-order valence-corrected chi connectivity index (χ2v) is 5.39. The summed E-state index contributed by atoms with van der Waals surface area (Å²) < 4.78 is 2.18. The zero-order valence-electron chi connectivity index (χ0n) is 11.4. The number of imidazole rings is 1. The summed E-state index contributed by atoms with van der Waals surface area (Å²) in [5.74, 6) is 1.11. The number of anilines is 1. The summed E-state index contributed by atoms with van der Waals surface area (Å²) in [6.07, 6.45) is 4.09. The molecule has 2 aromatic heterocycles. The average Bonchev–Trinajstić information content (AvgIpc) is 2.94. The molecule has 4 nitrogen and oxygen atoms in total. The maximum Gasteiger partial charge on any atom is 0.195 e. The van der Waals surface area contributed by atoms with Crippen LogP contribution in [0.1, 0.15) is 32.9 Å². The van der Waals surface area contributed by atoms with Crippen molar-refractivity contribution in [3.05, 3.63) is 17.3 Å². The van der Waals surface area contributed by atoms with Gasteiger partial charge in [0.05, 0.1) is 5.69 Å². The van der Waals surface area contributed by atoms with Crippen LogP contribution in [0.5, 0.6) is 0 Å². The third-order valence-corrected chi connectivity index (χ3v) is 4.21. The quantitative estimate of drug-likeness (QED) is 0.874. The molecule has 0 bridgehead atoms. The van der Waals surface area contributed by atoms with Crippen molar-refractivity contribution in [3.8, 4) is 0 Å². The molecule has 2 heterocycles. The molecule has 0 fully saturated rings. The summed E-state index contributed by atoms with van der Waals surface area (Å²) >= 11 is 1.68. The Kier molecular flexibility index (Phi) is 4.24. The van der Waals surface area contributed by atoms with Crippen molar-refractivity contribution in [2.75, 3.05) is 18.0 Å². The van der Waals surface area contributed by atoms with E-state index in [0.29, 0.717) is 12.6 Å². The molecular formula is C13H22N4S. The first kappa shape index (κ1) is 13.4. The van der Waals surface area contributed by atoms with Gasteiger partial charge in [0.15, 0.2) is 10.8 Å². The molecule has 1 atom stereocenters. The summed E-state index contributed by atoms with van der Waals surface area (Å²) in [6, 6.07) is 0.510. The second-order valence-electron chi connectivity index (χ2n) is 4.52. The summed E-state index contributed by atoms with van der Waals surface area (Å²) in [4.78, 5) is 8.23. The normalized spacial score (nSPS) is 13.1. The van der Waals surface area contributed by atoms with E-state index >= 15 is 0 Å². The van der Waals surface area contributed by atoms with Crippen LogP contribution in [0.15, 0.2) is 11.6 Å². The van der Waals surface area contributed by atoms with Crippen molar-refractivity contribution >= 4 is 22.1 Å². The Balaban J connectivity index is 2.46. The Morgan fingerprint density at radius 1 is 1.50 bits per heavy atom. The van der Waals surface area contributed by atoms with Crippen LogP contribution in [0.4, 0.5) is 5.82 Å². The van der Waals surface area contributed by atoms with Crippen LogP contribution in [-0.2, 0) is 6.42 Å². The second kappa shape index (κ2) is 5.71. The molecule has 0 saturated carbocycles. The monoisotopic (exact) mass is 266 g/mol. The standard InChI is InChI=1S/C13H22N4S/c1-4-10(3)16(5-2)12-11(6-7-14)17-8-9-18-13(17)15-12/h8-10H,4-7,14H2,1-3H3. The lowest BCUT2D eigenvalue weighted by Crippen LogP contribution is -2.33. The molecule has 0 spiro atoms. The van der Waals surface area contributed by atoms with E-state index in [1.807, 2.05) is 0 Å². The van der Waals surface area contributed by atoms with Crippen molar-refractivity contribution < 1.29 is 0 Å². The van der Waals surface area contributed by atoms with Gasteiger partial charge in [-0.05, 0) is 26.8 Å². The molecule has 18 heavy (non-hydrogen) atoms. The number of nitrogens with two attached hydrogens (primary N) is 1. The lowest BCUT2D eigenvalue weighted by Gasteiger charge is -2.28.